The summed E-state index contributed by atoms with van der Waals surface area (Å²) in [5.41, 5.74) is -0.535. The van der Waals surface area contributed by atoms with Crippen LogP contribution >= 0.6 is 11.6 Å². The highest BCUT2D eigenvalue weighted by molar-refractivity contribution is 6.29. The number of nitrogens with zero attached hydrogens (tertiary/aromatic N) is 1. The number of aryl methyl sites for hydroxylation is 1. The summed E-state index contributed by atoms with van der Waals surface area (Å²) in [4.78, 5) is 3.66. The second kappa shape index (κ2) is 5.28. The van der Waals surface area contributed by atoms with Gasteiger partial charge in [-0.15, -0.1) is 0 Å². The van der Waals surface area contributed by atoms with Crippen LogP contribution in [-0.4, -0.2) is 4.98 Å². The molecule has 0 unspecified atom stereocenters. The number of pyridine rings is 1. The van der Waals surface area contributed by atoms with Crippen molar-refractivity contribution in [1.82, 2.24) is 4.98 Å². The van der Waals surface area contributed by atoms with Gasteiger partial charge in [0.15, 0.2) is 0 Å². The summed E-state index contributed by atoms with van der Waals surface area (Å²) >= 11 is 5.54. The summed E-state index contributed by atoms with van der Waals surface area (Å²) in [6.07, 6.45) is -4.55. The topological polar surface area (TPSA) is 22.1 Å². The number of hydrogen-bond donors (Lipinski definition) is 0. The summed E-state index contributed by atoms with van der Waals surface area (Å²) in [6, 6.07) is 5.07. The fraction of sp³-hybridized carbons (Fsp3) is 0.154. The monoisotopic (exact) mass is 305 g/mol. The minimum Gasteiger partial charge on any atom is -0.439 e. The normalized spacial score (nSPS) is 11.5. The minimum atomic E-state index is -4.55. The molecule has 2 aromatic rings. The number of alkyl halides is 3. The first-order valence-electron chi connectivity index (χ1n) is 5.44. The first-order valence-corrected chi connectivity index (χ1v) is 5.82. The van der Waals surface area contributed by atoms with Crippen molar-refractivity contribution in [2.75, 3.05) is 0 Å². The molecule has 0 fully saturated rings. The number of aromatic nitrogens is 1. The van der Waals surface area contributed by atoms with Gasteiger partial charge in [-0.1, -0.05) is 11.6 Å². The first kappa shape index (κ1) is 14.6. The van der Waals surface area contributed by atoms with Crippen molar-refractivity contribution in [1.29, 1.82) is 0 Å². The summed E-state index contributed by atoms with van der Waals surface area (Å²) in [6.45, 7) is 1.56. The van der Waals surface area contributed by atoms with Crippen LogP contribution < -0.4 is 4.74 Å². The van der Waals surface area contributed by atoms with Gasteiger partial charge in [-0.2, -0.15) is 13.2 Å². The quantitative estimate of drug-likeness (QED) is 0.576. The maximum absolute atomic E-state index is 12.9. The van der Waals surface area contributed by atoms with Gasteiger partial charge in [0.25, 0.3) is 0 Å². The van der Waals surface area contributed by atoms with E-state index in [0.717, 1.165) is 12.1 Å². The van der Waals surface area contributed by atoms with Crippen molar-refractivity contribution in [3.63, 3.8) is 0 Å². The zero-order valence-electron chi connectivity index (χ0n) is 10.1. The maximum atomic E-state index is 12.9. The molecule has 0 aliphatic rings. The third-order valence-electron chi connectivity index (χ3n) is 2.45. The highest BCUT2D eigenvalue weighted by Crippen LogP contribution is 2.34. The largest absolute Gasteiger partial charge is 0.439 e. The van der Waals surface area contributed by atoms with Crippen LogP contribution in [0.5, 0.6) is 11.6 Å². The van der Waals surface area contributed by atoms with Crippen molar-refractivity contribution >= 4 is 11.6 Å². The van der Waals surface area contributed by atoms with Crippen LogP contribution in [0.15, 0.2) is 30.3 Å². The molecule has 0 radical (unpaired) electrons. The molecule has 0 saturated heterocycles. The molecule has 0 aliphatic heterocycles. The number of halogens is 5. The van der Waals surface area contributed by atoms with Crippen LogP contribution in [0.25, 0.3) is 0 Å². The number of rotatable bonds is 2. The van der Waals surface area contributed by atoms with Gasteiger partial charge in [-0.05, 0) is 36.8 Å². The summed E-state index contributed by atoms with van der Waals surface area (Å²) in [5.74, 6) is -0.571. The molecular weight excluding hydrogens is 298 g/mol. The molecule has 1 aromatic heterocycles. The van der Waals surface area contributed by atoms with E-state index in [1.54, 1.807) is 6.92 Å². The Balaban J connectivity index is 2.36. The second-order valence-electron chi connectivity index (χ2n) is 4.03. The molecule has 0 aliphatic carbocycles. The smallest absolute Gasteiger partial charge is 0.416 e. The molecule has 0 saturated carbocycles. The Hall–Kier alpha value is -1.82. The molecule has 7 heteroatoms. The average Bonchev–Trinajstić information content (AvgIpc) is 2.31. The lowest BCUT2D eigenvalue weighted by Gasteiger charge is -2.11. The van der Waals surface area contributed by atoms with E-state index in [-0.39, 0.29) is 16.8 Å². The van der Waals surface area contributed by atoms with Crippen LogP contribution in [0.1, 0.15) is 11.1 Å². The fourth-order valence-electron chi connectivity index (χ4n) is 1.53. The van der Waals surface area contributed by atoms with Crippen molar-refractivity contribution < 1.29 is 22.3 Å². The molecule has 106 valence electrons. The van der Waals surface area contributed by atoms with Gasteiger partial charge in [0.1, 0.15) is 16.7 Å². The van der Waals surface area contributed by atoms with E-state index >= 15 is 0 Å². The van der Waals surface area contributed by atoms with Gasteiger partial charge in [-0.3, -0.25) is 0 Å². The molecule has 0 spiro atoms. The van der Waals surface area contributed by atoms with E-state index in [2.05, 4.69) is 4.98 Å². The molecule has 0 amide bonds. The molecule has 2 nitrogen and oxygen atoms in total. The zero-order valence-corrected chi connectivity index (χ0v) is 10.9. The van der Waals surface area contributed by atoms with E-state index in [1.165, 1.54) is 12.1 Å². The van der Waals surface area contributed by atoms with E-state index in [4.69, 9.17) is 16.3 Å². The van der Waals surface area contributed by atoms with Crippen LogP contribution in [-0.2, 0) is 6.18 Å². The molecule has 20 heavy (non-hydrogen) atoms. The Morgan fingerprint density at radius 2 is 1.85 bits per heavy atom. The van der Waals surface area contributed by atoms with Crippen LogP contribution in [0.2, 0.25) is 5.15 Å². The number of ether oxygens (including phenoxy) is 1. The predicted molar refractivity (Wildman–Crippen MR) is 65.5 cm³/mol. The lowest BCUT2D eigenvalue weighted by molar-refractivity contribution is -0.137. The molecular formula is C13H8ClF4NO. The SMILES string of the molecule is Cc1cc(F)ccc1Oc1cc(C(F)(F)F)cc(Cl)n1. The Morgan fingerprint density at radius 3 is 2.45 bits per heavy atom. The summed E-state index contributed by atoms with van der Waals surface area (Å²) in [5, 5.41) is -0.338. The second-order valence-corrected chi connectivity index (χ2v) is 4.41. The Kier molecular flexibility index (Phi) is 3.85. The van der Waals surface area contributed by atoms with Crippen molar-refractivity contribution in [3.05, 3.63) is 52.4 Å². The van der Waals surface area contributed by atoms with E-state index < -0.39 is 17.6 Å². The Labute approximate surface area is 117 Å². The van der Waals surface area contributed by atoms with E-state index in [9.17, 15) is 17.6 Å². The van der Waals surface area contributed by atoms with Gasteiger partial charge >= 0.3 is 6.18 Å². The molecule has 2 rings (SSSR count). The van der Waals surface area contributed by atoms with Crippen LogP contribution in [0, 0.1) is 12.7 Å². The summed E-state index contributed by atoms with van der Waals surface area (Å²) in [7, 11) is 0. The minimum absolute atomic E-state index is 0.203. The van der Waals surface area contributed by atoms with Gasteiger partial charge in [0.05, 0.1) is 5.56 Å². The number of benzene rings is 1. The average molecular weight is 306 g/mol. The third-order valence-corrected chi connectivity index (χ3v) is 2.64. The van der Waals surface area contributed by atoms with Gasteiger partial charge in [0.2, 0.25) is 5.88 Å². The highest BCUT2D eigenvalue weighted by atomic mass is 35.5. The number of hydrogen-bond acceptors (Lipinski definition) is 2. The van der Waals surface area contributed by atoms with Gasteiger partial charge in [-0.25, -0.2) is 9.37 Å². The van der Waals surface area contributed by atoms with Crippen molar-refractivity contribution in [3.8, 4) is 11.6 Å². The van der Waals surface area contributed by atoms with Crippen LogP contribution in [0.4, 0.5) is 17.6 Å². The molecule has 1 heterocycles. The van der Waals surface area contributed by atoms with E-state index in [0.29, 0.717) is 11.6 Å². The molecule has 0 N–H and O–H groups in total. The maximum Gasteiger partial charge on any atom is 0.416 e. The fourth-order valence-corrected chi connectivity index (χ4v) is 1.73. The van der Waals surface area contributed by atoms with Crippen molar-refractivity contribution in [2.45, 2.75) is 13.1 Å². The van der Waals surface area contributed by atoms with Crippen molar-refractivity contribution in [2.24, 2.45) is 0 Å². The lowest BCUT2D eigenvalue weighted by atomic mass is 10.2. The molecule has 1 aromatic carbocycles. The third kappa shape index (κ3) is 3.39. The van der Waals surface area contributed by atoms with Crippen LogP contribution in [0.3, 0.4) is 0 Å². The van der Waals surface area contributed by atoms with Gasteiger partial charge < -0.3 is 4.74 Å². The Bertz CT molecular complexity index is 643. The zero-order chi connectivity index (χ0) is 14.9. The van der Waals surface area contributed by atoms with Gasteiger partial charge in [0, 0.05) is 6.07 Å². The summed E-state index contributed by atoms with van der Waals surface area (Å²) < 4.78 is 56.0. The Morgan fingerprint density at radius 1 is 1.15 bits per heavy atom. The van der Waals surface area contributed by atoms with E-state index in [1.807, 2.05) is 0 Å². The molecule has 0 bridgehead atoms. The standard InChI is InChI=1S/C13H8ClF4NO/c1-7-4-9(15)2-3-10(7)20-12-6-8(13(16,17)18)5-11(14)19-12/h2-6H,1H3. The highest BCUT2D eigenvalue weighted by Gasteiger charge is 2.31. The lowest BCUT2D eigenvalue weighted by Crippen LogP contribution is -2.06. The molecule has 0 atom stereocenters. The first-order chi connectivity index (χ1) is 9.25. The predicted octanol–water partition coefficient (Wildman–Crippen LogP) is 4.99.